The molecular formula is C18H17F3N6O2. The SMILES string of the molecule is O=C(NCCNc1cc(-n2cccc2)ncn1)Nc1ccccc1OC(F)(F)F. The van der Waals surface area contributed by atoms with Crippen molar-refractivity contribution in [1.82, 2.24) is 19.9 Å². The van der Waals surface area contributed by atoms with Crippen LogP contribution in [0, 0.1) is 0 Å². The van der Waals surface area contributed by atoms with Crippen LogP contribution >= 0.6 is 0 Å². The second kappa shape index (κ2) is 8.95. The third kappa shape index (κ3) is 6.13. The molecule has 152 valence electrons. The minimum absolute atomic E-state index is 0.0950. The molecule has 0 atom stereocenters. The zero-order valence-electron chi connectivity index (χ0n) is 15.0. The number of ether oxygens (including phenoxy) is 1. The van der Waals surface area contributed by atoms with Gasteiger partial charge in [-0.3, -0.25) is 0 Å². The Hall–Kier alpha value is -3.76. The molecule has 0 saturated heterocycles. The molecule has 0 aliphatic carbocycles. The van der Waals surface area contributed by atoms with Crippen molar-refractivity contribution in [2.45, 2.75) is 6.36 Å². The van der Waals surface area contributed by atoms with E-state index in [0.717, 1.165) is 6.07 Å². The number of anilines is 2. The van der Waals surface area contributed by atoms with Crippen LogP contribution in [0.5, 0.6) is 5.75 Å². The van der Waals surface area contributed by atoms with Crippen LogP contribution in [-0.4, -0.2) is 40.0 Å². The topological polar surface area (TPSA) is 93.1 Å². The van der Waals surface area contributed by atoms with Gasteiger partial charge >= 0.3 is 12.4 Å². The van der Waals surface area contributed by atoms with E-state index in [1.54, 1.807) is 6.07 Å². The van der Waals surface area contributed by atoms with E-state index in [0.29, 0.717) is 18.2 Å². The lowest BCUT2D eigenvalue weighted by Gasteiger charge is -2.14. The summed E-state index contributed by atoms with van der Waals surface area (Å²) in [6.07, 6.45) is 0.251. The Morgan fingerprint density at radius 2 is 1.83 bits per heavy atom. The Bertz CT molecular complexity index is 947. The van der Waals surface area contributed by atoms with Gasteiger partial charge in [-0.05, 0) is 24.3 Å². The first-order valence-corrected chi connectivity index (χ1v) is 8.49. The number of benzene rings is 1. The first kappa shape index (κ1) is 20.0. The van der Waals surface area contributed by atoms with E-state index < -0.39 is 18.1 Å². The molecule has 0 bridgehead atoms. The van der Waals surface area contributed by atoms with Gasteiger partial charge in [0.1, 0.15) is 18.0 Å². The quantitative estimate of drug-likeness (QED) is 0.523. The second-order valence-corrected chi connectivity index (χ2v) is 5.70. The summed E-state index contributed by atoms with van der Waals surface area (Å²) in [4.78, 5) is 20.2. The van der Waals surface area contributed by atoms with E-state index in [4.69, 9.17) is 0 Å². The average molecular weight is 406 g/mol. The third-order valence-electron chi connectivity index (χ3n) is 3.60. The number of hydrogen-bond donors (Lipinski definition) is 3. The highest BCUT2D eigenvalue weighted by Gasteiger charge is 2.32. The van der Waals surface area contributed by atoms with Crippen LogP contribution in [0.4, 0.5) is 29.5 Å². The number of alkyl halides is 3. The fourth-order valence-corrected chi connectivity index (χ4v) is 2.39. The van der Waals surface area contributed by atoms with Crippen LogP contribution in [0.2, 0.25) is 0 Å². The van der Waals surface area contributed by atoms with Gasteiger partial charge in [0, 0.05) is 31.5 Å². The predicted octanol–water partition coefficient (Wildman–Crippen LogP) is 3.40. The summed E-state index contributed by atoms with van der Waals surface area (Å²) in [6, 6.07) is 10.1. The number of aromatic nitrogens is 3. The van der Waals surface area contributed by atoms with E-state index in [1.807, 2.05) is 29.1 Å². The molecule has 2 heterocycles. The van der Waals surface area contributed by atoms with E-state index in [9.17, 15) is 18.0 Å². The number of halogens is 3. The van der Waals surface area contributed by atoms with Crippen molar-refractivity contribution in [3.05, 3.63) is 61.2 Å². The molecule has 2 aromatic heterocycles. The number of nitrogens with zero attached hydrogens (tertiary/aromatic N) is 3. The standard InChI is InChI=1S/C18H17F3N6O2/c19-18(20,21)29-14-6-2-1-5-13(14)26-17(28)23-8-7-22-15-11-16(25-12-24-15)27-9-3-4-10-27/h1-6,9-12H,7-8H2,(H,22,24,25)(H2,23,26,28). The lowest BCUT2D eigenvalue weighted by molar-refractivity contribution is -0.274. The van der Waals surface area contributed by atoms with Gasteiger partial charge in [-0.2, -0.15) is 0 Å². The number of urea groups is 1. The molecule has 0 unspecified atom stereocenters. The number of para-hydroxylation sites is 2. The number of amides is 2. The van der Waals surface area contributed by atoms with Gasteiger partial charge in [-0.1, -0.05) is 12.1 Å². The van der Waals surface area contributed by atoms with Gasteiger partial charge in [-0.25, -0.2) is 14.8 Å². The van der Waals surface area contributed by atoms with Crippen molar-refractivity contribution in [2.75, 3.05) is 23.7 Å². The van der Waals surface area contributed by atoms with Crippen LogP contribution in [0.1, 0.15) is 0 Å². The minimum atomic E-state index is -4.85. The smallest absolute Gasteiger partial charge is 0.404 e. The maximum Gasteiger partial charge on any atom is 0.573 e. The maximum absolute atomic E-state index is 12.4. The van der Waals surface area contributed by atoms with Crippen LogP contribution in [0.15, 0.2) is 61.2 Å². The lowest BCUT2D eigenvalue weighted by atomic mass is 10.3. The zero-order chi connectivity index (χ0) is 20.7. The van der Waals surface area contributed by atoms with Crippen molar-refractivity contribution in [2.24, 2.45) is 0 Å². The summed E-state index contributed by atoms with van der Waals surface area (Å²) in [5.41, 5.74) is -0.0950. The van der Waals surface area contributed by atoms with Crippen LogP contribution < -0.4 is 20.7 Å². The zero-order valence-corrected chi connectivity index (χ0v) is 15.0. The van der Waals surface area contributed by atoms with Crippen molar-refractivity contribution in [3.63, 3.8) is 0 Å². The normalized spacial score (nSPS) is 11.0. The molecule has 2 amide bonds. The molecule has 29 heavy (non-hydrogen) atoms. The monoisotopic (exact) mass is 406 g/mol. The molecule has 1 aromatic carbocycles. The summed E-state index contributed by atoms with van der Waals surface area (Å²) >= 11 is 0. The Labute approximate surface area is 163 Å². The number of carbonyl (C=O) groups is 1. The van der Waals surface area contributed by atoms with Crippen LogP contribution in [0.3, 0.4) is 0 Å². The predicted molar refractivity (Wildman–Crippen MR) is 100.0 cm³/mol. The van der Waals surface area contributed by atoms with E-state index in [1.165, 1.54) is 24.5 Å². The average Bonchev–Trinajstić information content (AvgIpc) is 3.21. The summed E-state index contributed by atoms with van der Waals surface area (Å²) in [7, 11) is 0. The molecule has 3 N–H and O–H groups in total. The van der Waals surface area contributed by atoms with Crippen LogP contribution in [0.25, 0.3) is 5.82 Å². The van der Waals surface area contributed by atoms with Gasteiger partial charge < -0.3 is 25.3 Å². The van der Waals surface area contributed by atoms with E-state index >= 15 is 0 Å². The highest BCUT2D eigenvalue weighted by Crippen LogP contribution is 2.29. The molecule has 0 aliphatic rings. The number of nitrogens with one attached hydrogen (secondary N) is 3. The van der Waals surface area contributed by atoms with E-state index in [-0.39, 0.29) is 12.2 Å². The highest BCUT2D eigenvalue weighted by molar-refractivity contribution is 5.90. The summed E-state index contributed by atoms with van der Waals surface area (Å²) in [5.74, 6) is 0.751. The van der Waals surface area contributed by atoms with Gasteiger partial charge in [0.2, 0.25) is 0 Å². The second-order valence-electron chi connectivity index (χ2n) is 5.70. The molecule has 0 spiro atoms. The van der Waals surface area contributed by atoms with Gasteiger partial charge in [0.15, 0.2) is 5.75 Å². The summed E-state index contributed by atoms with van der Waals surface area (Å²) in [6.45, 7) is 0.549. The molecule has 3 rings (SSSR count). The van der Waals surface area contributed by atoms with Gasteiger partial charge in [0.05, 0.1) is 5.69 Å². The van der Waals surface area contributed by atoms with Crippen molar-refractivity contribution in [3.8, 4) is 11.6 Å². The third-order valence-corrected chi connectivity index (χ3v) is 3.60. The molecule has 0 fully saturated rings. The summed E-state index contributed by atoms with van der Waals surface area (Å²) in [5, 5.41) is 7.89. The molecule has 0 saturated carbocycles. The van der Waals surface area contributed by atoms with Gasteiger partial charge in [-0.15, -0.1) is 13.2 Å². The minimum Gasteiger partial charge on any atom is -0.404 e. The molecule has 0 radical (unpaired) electrons. The lowest BCUT2D eigenvalue weighted by Crippen LogP contribution is -2.33. The van der Waals surface area contributed by atoms with Crippen molar-refractivity contribution in [1.29, 1.82) is 0 Å². The first-order valence-electron chi connectivity index (χ1n) is 8.49. The Morgan fingerprint density at radius 3 is 2.59 bits per heavy atom. The number of hydrogen-bond acceptors (Lipinski definition) is 5. The Balaban J connectivity index is 1.47. The van der Waals surface area contributed by atoms with Crippen molar-refractivity contribution < 1.29 is 22.7 Å². The molecule has 11 heteroatoms. The molecular weight excluding hydrogens is 389 g/mol. The van der Waals surface area contributed by atoms with E-state index in [2.05, 4.69) is 30.7 Å². The van der Waals surface area contributed by atoms with Gasteiger partial charge in [0.25, 0.3) is 0 Å². The highest BCUT2D eigenvalue weighted by atomic mass is 19.4. The Kier molecular flexibility index (Phi) is 6.17. The Morgan fingerprint density at radius 1 is 1.07 bits per heavy atom. The summed E-state index contributed by atoms with van der Waals surface area (Å²) < 4.78 is 43.0. The molecule has 8 nitrogen and oxygen atoms in total. The largest absolute Gasteiger partial charge is 0.573 e. The molecule has 3 aromatic rings. The first-order chi connectivity index (χ1) is 13.9. The molecule has 0 aliphatic heterocycles. The van der Waals surface area contributed by atoms with Crippen LogP contribution in [-0.2, 0) is 0 Å². The fourth-order valence-electron chi connectivity index (χ4n) is 2.39. The maximum atomic E-state index is 12.4. The van der Waals surface area contributed by atoms with Crippen molar-refractivity contribution >= 4 is 17.5 Å². The number of carbonyl (C=O) groups excluding carboxylic acids is 1. The number of rotatable bonds is 7. The fraction of sp³-hybridized carbons (Fsp3) is 0.167.